The zero-order chi connectivity index (χ0) is 21.8. The first-order valence-electron chi connectivity index (χ1n) is 9.48. The largest absolute Gasteiger partial charge is 0.457 e. The Morgan fingerprint density at radius 1 is 1.00 bits per heavy atom. The molecule has 0 spiro atoms. The van der Waals surface area contributed by atoms with E-state index in [4.69, 9.17) is 17.0 Å². The van der Waals surface area contributed by atoms with E-state index in [2.05, 4.69) is 5.43 Å². The van der Waals surface area contributed by atoms with Crippen molar-refractivity contribution < 1.29 is 14.3 Å². The van der Waals surface area contributed by atoms with Crippen molar-refractivity contribution in [3.63, 3.8) is 0 Å². The first-order chi connectivity index (χ1) is 15.0. The van der Waals surface area contributed by atoms with E-state index >= 15 is 0 Å². The number of hydrogen-bond donors (Lipinski definition) is 1. The first-order valence-corrected chi connectivity index (χ1v) is 10.7. The summed E-state index contributed by atoms with van der Waals surface area (Å²) in [6, 6.07) is 23.9. The summed E-state index contributed by atoms with van der Waals surface area (Å²) in [5.41, 5.74) is 4.88. The Morgan fingerprint density at radius 3 is 2.45 bits per heavy atom. The molecule has 0 unspecified atom stereocenters. The van der Waals surface area contributed by atoms with Gasteiger partial charge in [-0.25, -0.2) is 0 Å². The Bertz CT molecular complexity index is 1170. The molecule has 1 aliphatic rings. The topological polar surface area (TPSA) is 58.6 Å². The number of hydrogen-bond acceptors (Lipinski definition) is 5. The van der Waals surface area contributed by atoms with Gasteiger partial charge in [-0.2, -0.15) is 5.01 Å². The number of nitrogens with one attached hydrogen (secondary N) is 1. The third kappa shape index (κ3) is 5.02. The molecule has 0 saturated carbocycles. The van der Waals surface area contributed by atoms with Gasteiger partial charge >= 0.3 is 0 Å². The van der Waals surface area contributed by atoms with Crippen LogP contribution in [0.1, 0.15) is 21.5 Å². The number of ether oxygens (including phenoxy) is 1. The lowest BCUT2D eigenvalue weighted by Crippen LogP contribution is -2.44. The number of carbonyl (C=O) groups is 2. The molecule has 1 fully saturated rings. The Balaban J connectivity index is 1.48. The van der Waals surface area contributed by atoms with Crippen LogP contribution in [0.3, 0.4) is 0 Å². The van der Waals surface area contributed by atoms with E-state index in [1.807, 2.05) is 73.7 Å². The highest BCUT2D eigenvalue weighted by atomic mass is 32.2. The Morgan fingerprint density at radius 2 is 1.71 bits per heavy atom. The zero-order valence-electron chi connectivity index (χ0n) is 16.6. The van der Waals surface area contributed by atoms with E-state index in [0.29, 0.717) is 16.2 Å². The fourth-order valence-electron chi connectivity index (χ4n) is 2.88. The van der Waals surface area contributed by atoms with Crippen molar-refractivity contribution in [2.45, 2.75) is 6.92 Å². The minimum absolute atomic E-state index is 0.272. The summed E-state index contributed by atoms with van der Waals surface area (Å²) in [5.74, 6) is 0.619. The molecule has 0 atom stereocenters. The molecular formula is C24H18N2O3S2. The van der Waals surface area contributed by atoms with Gasteiger partial charge in [0.2, 0.25) is 0 Å². The molecule has 3 aromatic rings. The van der Waals surface area contributed by atoms with Gasteiger partial charge in [-0.1, -0.05) is 59.8 Å². The van der Waals surface area contributed by atoms with Gasteiger partial charge in [-0.3, -0.25) is 15.0 Å². The highest BCUT2D eigenvalue weighted by Gasteiger charge is 2.33. The lowest BCUT2D eigenvalue weighted by molar-refractivity contribution is -0.123. The van der Waals surface area contributed by atoms with Crippen molar-refractivity contribution in [2.24, 2.45) is 0 Å². The van der Waals surface area contributed by atoms with E-state index < -0.39 is 5.91 Å². The van der Waals surface area contributed by atoms with Crippen LogP contribution in [-0.2, 0) is 4.79 Å². The zero-order valence-corrected chi connectivity index (χ0v) is 18.2. The third-order valence-corrected chi connectivity index (χ3v) is 5.76. The van der Waals surface area contributed by atoms with Gasteiger partial charge in [0.15, 0.2) is 4.32 Å². The first kappa shape index (κ1) is 20.8. The standard InChI is InChI=1S/C24H18N2O3S2/c1-16-10-12-18(13-11-16)22(27)25-26-23(28)21(31-24(26)30)15-17-6-5-9-20(14-17)29-19-7-3-2-4-8-19/h2-15H,1H3,(H,25,27)/b21-15+. The van der Waals surface area contributed by atoms with Crippen LogP contribution in [0.15, 0.2) is 83.8 Å². The number of nitrogens with zero attached hydrogens (tertiary/aromatic N) is 1. The van der Waals surface area contributed by atoms with Gasteiger partial charge in [-0.05, 0) is 67.2 Å². The Hall–Kier alpha value is -3.42. The Labute approximate surface area is 189 Å². The second-order valence-corrected chi connectivity index (χ2v) is 8.49. The quantitative estimate of drug-likeness (QED) is 0.424. The van der Waals surface area contributed by atoms with Crippen LogP contribution in [0.5, 0.6) is 11.5 Å². The number of hydrazine groups is 1. The van der Waals surface area contributed by atoms with Crippen LogP contribution >= 0.6 is 24.0 Å². The van der Waals surface area contributed by atoms with E-state index in [-0.39, 0.29) is 10.2 Å². The molecule has 4 rings (SSSR count). The van der Waals surface area contributed by atoms with Crippen LogP contribution in [0.2, 0.25) is 0 Å². The average Bonchev–Trinajstić information content (AvgIpc) is 3.02. The lowest BCUT2D eigenvalue weighted by atomic mass is 10.1. The number of carbonyl (C=O) groups excluding carboxylic acids is 2. The number of para-hydroxylation sites is 1. The minimum atomic E-state index is -0.393. The van der Waals surface area contributed by atoms with E-state index in [1.165, 1.54) is 0 Å². The highest BCUT2D eigenvalue weighted by Crippen LogP contribution is 2.32. The normalized spacial score (nSPS) is 14.7. The molecule has 154 valence electrons. The molecule has 0 aliphatic carbocycles. The molecule has 5 nitrogen and oxygen atoms in total. The summed E-state index contributed by atoms with van der Waals surface area (Å²) < 4.78 is 6.12. The van der Waals surface area contributed by atoms with Crippen molar-refractivity contribution in [1.82, 2.24) is 10.4 Å². The number of aryl methyl sites for hydroxylation is 1. The summed E-state index contributed by atoms with van der Waals surface area (Å²) in [7, 11) is 0. The van der Waals surface area contributed by atoms with Crippen molar-refractivity contribution >= 4 is 46.2 Å². The van der Waals surface area contributed by atoms with Gasteiger partial charge in [0.1, 0.15) is 11.5 Å². The van der Waals surface area contributed by atoms with Crippen molar-refractivity contribution in [2.75, 3.05) is 0 Å². The molecule has 1 saturated heterocycles. The average molecular weight is 447 g/mol. The lowest BCUT2D eigenvalue weighted by Gasteiger charge is -2.15. The number of thiocarbonyl (C=S) groups is 1. The molecular weight excluding hydrogens is 428 g/mol. The number of benzene rings is 3. The smallest absolute Gasteiger partial charge is 0.285 e. The molecule has 1 aliphatic heterocycles. The van der Waals surface area contributed by atoms with E-state index in [0.717, 1.165) is 33.6 Å². The van der Waals surface area contributed by atoms with Crippen LogP contribution in [0.25, 0.3) is 6.08 Å². The van der Waals surface area contributed by atoms with Gasteiger partial charge in [0.25, 0.3) is 11.8 Å². The predicted octanol–water partition coefficient (Wildman–Crippen LogP) is 5.33. The number of amides is 2. The number of thioether (sulfide) groups is 1. The fraction of sp³-hybridized carbons (Fsp3) is 0.0417. The van der Waals surface area contributed by atoms with Crippen molar-refractivity contribution in [3.05, 3.63) is 100 Å². The summed E-state index contributed by atoms with van der Waals surface area (Å²) in [5, 5.41) is 1.11. The van der Waals surface area contributed by atoms with Crippen LogP contribution in [0.4, 0.5) is 0 Å². The second-order valence-electron chi connectivity index (χ2n) is 6.81. The van der Waals surface area contributed by atoms with Gasteiger partial charge in [0, 0.05) is 5.56 Å². The monoisotopic (exact) mass is 446 g/mol. The third-order valence-electron chi connectivity index (χ3n) is 4.46. The predicted molar refractivity (Wildman–Crippen MR) is 127 cm³/mol. The Kier molecular flexibility index (Phi) is 6.16. The summed E-state index contributed by atoms with van der Waals surface area (Å²) in [4.78, 5) is 25.7. The molecule has 2 amide bonds. The van der Waals surface area contributed by atoms with Gasteiger partial charge < -0.3 is 4.74 Å². The molecule has 31 heavy (non-hydrogen) atoms. The summed E-state index contributed by atoms with van der Waals surface area (Å²) in [6.45, 7) is 1.94. The molecule has 3 aromatic carbocycles. The van der Waals surface area contributed by atoms with Crippen LogP contribution < -0.4 is 10.2 Å². The number of rotatable bonds is 5. The maximum Gasteiger partial charge on any atom is 0.285 e. The maximum absolute atomic E-state index is 12.8. The van der Waals surface area contributed by atoms with Crippen molar-refractivity contribution in [1.29, 1.82) is 0 Å². The summed E-state index contributed by atoms with van der Waals surface area (Å²) >= 11 is 6.44. The van der Waals surface area contributed by atoms with E-state index in [1.54, 1.807) is 18.2 Å². The van der Waals surface area contributed by atoms with Crippen LogP contribution in [0, 0.1) is 6.92 Å². The van der Waals surface area contributed by atoms with E-state index in [9.17, 15) is 9.59 Å². The molecule has 0 radical (unpaired) electrons. The molecule has 7 heteroatoms. The van der Waals surface area contributed by atoms with Gasteiger partial charge in [-0.15, -0.1) is 0 Å². The highest BCUT2D eigenvalue weighted by molar-refractivity contribution is 8.26. The molecule has 0 bridgehead atoms. The SMILES string of the molecule is Cc1ccc(C(=O)NN2C(=O)/C(=C\c3cccc(Oc4ccccc4)c3)SC2=S)cc1. The molecule has 0 aromatic heterocycles. The second kappa shape index (κ2) is 9.16. The minimum Gasteiger partial charge on any atom is -0.457 e. The molecule has 1 N–H and O–H groups in total. The van der Waals surface area contributed by atoms with Crippen molar-refractivity contribution in [3.8, 4) is 11.5 Å². The maximum atomic E-state index is 12.8. The van der Waals surface area contributed by atoms with Crippen LogP contribution in [-0.4, -0.2) is 21.1 Å². The fourth-order valence-corrected chi connectivity index (χ4v) is 4.06. The summed E-state index contributed by atoms with van der Waals surface area (Å²) in [6.07, 6.45) is 1.73. The molecule has 1 heterocycles. The van der Waals surface area contributed by atoms with Gasteiger partial charge in [0.05, 0.1) is 4.91 Å².